The molecular formula is C18H16FN3O3. The van der Waals surface area contributed by atoms with Gasteiger partial charge in [-0.25, -0.2) is 9.29 Å². The number of aromatic nitrogens is 2. The molecule has 0 radical (unpaired) electrons. The molecular weight excluding hydrogens is 325 g/mol. The van der Waals surface area contributed by atoms with Gasteiger partial charge in [-0.1, -0.05) is 18.2 Å². The maximum Gasteiger partial charge on any atom is 0.240 e. The number of imide groups is 1. The minimum Gasteiger partial charge on any atom is -0.373 e. The molecule has 1 aromatic heterocycles. The Kier molecular flexibility index (Phi) is 3.09. The smallest absolute Gasteiger partial charge is 0.240 e. The van der Waals surface area contributed by atoms with Crippen molar-refractivity contribution >= 4 is 17.5 Å². The molecule has 4 atom stereocenters. The number of rotatable bonds is 3. The lowest BCUT2D eigenvalue weighted by molar-refractivity contribution is -0.124. The summed E-state index contributed by atoms with van der Waals surface area (Å²) < 4.78 is 21.0. The molecule has 4 heterocycles. The van der Waals surface area contributed by atoms with Crippen LogP contribution in [0.4, 0.5) is 10.1 Å². The van der Waals surface area contributed by atoms with Crippen molar-refractivity contribution in [2.75, 3.05) is 4.90 Å². The summed E-state index contributed by atoms with van der Waals surface area (Å²) in [4.78, 5) is 26.7. The molecule has 3 saturated heterocycles. The van der Waals surface area contributed by atoms with E-state index in [1.54, 1.807) is 24.4 Å². The number of carbonyl (C=O) groups is 2. The van der Waals surface area contributed by atoms with E-state index in [0.29, 0.717) is 11.3 Å². The Hall–Kier alpha value is -2.54. The van der Waals surface area contributed by atoms with Crippen LogP contribution >= 0.6 is 0 Å². The Bertz CT molecular complexity index is 852. The Morgan fingerprint density at radius 2 is 1.80 bits per heavy atom. The van der Waals surface area contributed by atoms with Gasteiger partial charge in [-0.3, -0.25) is 14.3 Å². The second kappa shape index (κ2) is 5.23. The van der Waals surface area contributed by atoms with E-state index >= 15 is 0 Å². The molecule has 0 spiro atoms. The predicted molar refractivity (Wildman–Crippen MR) is 85.1 cm³/mol. The molecule has 0 aliphatic carbocycles. The zero-order valence-corrected chi connectivity index (χ0v) is 13.3. The van der Waals surface area contributed by atoms with Gasteiger partial charge in [0.25, 0.3) is 0 Å². The molecule has 0 saturated carbocycles. The third kappa shape index (κ3) is 2.08. The molecule has 3 fully saturated rings. The number of nitrogens with zero attached hydrogens (tertiary/aromatic N) is 3. The average molecular weight is 341 g/mol. The zero-order valence-electron chi connectivity index (χ0n) is 13.3. The molecule has 6 nitrogen and oxygen atoms in total. The lowest BCUT2D eigenvalue weighted by Gasteiger charge is -2.15. The van der Waals surface area contributed by atoms with E-state index in [0.717, 1.165) is 12.8 Å². The number of fused-ring (bicyclic) bond motifs is 5. The Labute approximate surface area is 143 Å². The largest absolute Gasteiger partial charge is 0.373 e. The first-order valence-corrected chi connectivity index (χ1v) is 8.42. The van der Waals surface area contributed by atoms with Gasteiger partial charge in [-0.05, 0) is 18.9 Å². The van der Waals surface area contributed by atoms with Crippen molar-refractivity contribution in [1.82, 2.24) is 9.78 Å². The monoisotopic (exact) mass is 341 g/mol. The zero-order chi connectivity index (χ0) is 17.1. The van der Waals surface area contributed by atoms with E-state index in [1.165, 1.54) is 21.8 Å². The van der Waals surface area contributed by atoms with Gasteiger partial charge in [0.1, 0.15) is 5.82 Å². The van der Waals surface area contributed by atoms with Gasteiger partial charge in [0.2, 0.25) is 11.8 Å². The number of hydrogen-bond donors (Lipinski definition) is 0. The second-order valence-corrected chi connectivity index (χ2v) is 6.84. The number of benzene rings is 1. The minimum atomic E-state index is -0.360. The number of halogens is 1. The van der Waals surface area contributed by atoms with E-state index in [1.807, 2.05) is 0 Å². The summed E-state index contributed by atoms with van der Waals surface area (Å²) in [5.41, 5.74) is 0.944. The van der Waals surface area contributed by atoms with Crippen molar-refractivity contribution in [3.63, 3.8) is 0 Å². The van der Waals surface area contributed by atoms with E-state index in [-0.39, 0.29) is 48.2 Å². The fourth-order valence-electron chi connectivity index (χ4n) is 4.32. The van der Waals surface area contributed by atoms with Crippen LogP contribution in [0.2, 0.25) is 0 Å². The fourth-order valence-corrected chi connectivity index (χ4v) is 4.32. The molecule has 128 valence electrons. The maximum atomic E-state index is 13.8. The summed E-state index contributed by atoms with van der Waals surface area (Å²) in [6, 6.07) is 6.46. The van der Waals surface area contributed by atoms with E-state index in [4.69, 9.17) is 4.74 Å². The van der Waals surface area contributed by atoms with Gasteiger partial charge in [0, 0.05) is 11.8 Å². The fraction of sp³-hybridized carbons (Fsp3) is 0.389. The van der Waals surface area contributed by atoms with Crippen LogP contribution in [0.1, 0.15) is 18.4 Å². The summed E-state index contributed by atoms with van der Waals surface area (Å²) in [6.07, 6.45) is 4.51. The predicted octanol–water partition coefficient (Wildman–Crippen LogP) is 1.74. The minimum absolute atomic E-state index is 0.134. The molecule has 0 N–H and O–H groups in total. The van der Waals surface area contributed by atoms with Gasteiger partial charge < -0.3 is 4.74 Å². The van der Waals surface area contributed by atoms with Crippen molar-refractivity contribution in [3.05, 3.63) is 48.0 Å². The van der Waals surface area contributed by atoms with Gasteiger partial charge in [0.15, 0.2) is 0 Å². The summed E-state index contributed by atoms with van der Waals surface area (Å²) in [7, 11) is 0. The van der Waals surface area contributed by atoms with Gasteiger partial charge in [-0.2, -0.15) is 5.10 Å². The van der Waals surface area contributed by atoms with E-state index in [2.05, 4.69) is 5.10 Å². The molecule has 7 heteroatoms. The lowest BCUT2D eigenvalue weighted by atomic mass is 9.81. The van der Waals surface area contributed by atoms with Crippen LogP contribution in [-0.4, -0.2) is 33.8 Å². The van der Waals surface area contributed by atoms with Crippen molar-refractivity contribution in [2.45, 2.75) is 31.6 Å². The van der Waals surface area contributed by atoms with Crippen molar-refractivity contribution in [2.24, 2.45) is 11.8 Å². The molecule has 1 aromatic carbocycles. The van der Waals surface area contributed by atoms with Crippen LogP contribution in [-0.2, 0) is 20.9 Å². The van der Waals surface area contributed by atoms with E-state index in [9.17, 15) is 14.0 Å². The van der Waals surface area contributed by atoms with Gasteiger partial charge in [0.05, 0.1) is 42.5 Å². The Morgan fingerprint density at radius 3 is 2.48 bits per heavy atom. The first-order valence-electron chi connectivity index (χ1n) is 8.42. The molecule has 2 bridgehead atoms. The third-order valence-electron chi connectivity index (χ3n) is 5.45. The van der Waals surface area contributed by atoms with Crippen molar-refractivity contribution in [1.29, 1.82) is 0 Å². The maximum absolute atomic E-state index is 13.8. The molecule has 3 aliphatic heterocycles. The van der Waals surface area contributed by atoms with Crippen LogP contribution in [0, 0.1) is 17.7 Å². The van der Waals surface area contributed by atoms with Crippen LogP contribution in [0.5, 0.6) is 0 Å². The number of carbonyl (C=O) groups excluding carboxylic acids is 2. The quantitative estimate of drug-likeness (QED) is 0.798. The van der Waals surface area contributed by atoms with Gasteiger partial charge in [-0.15, -0.1) is 0 Å². The Morgan fingerprint density at radius 1 is 1.12 bits per heavy atom. The highest BCUT2D eigenvalue weighted by molar-refractivity contribution is 6.22. The second-order valence-electron chi connectivity index (χ2n) is 6.84. The molecule has 2 amide bonds. The number of hydrogen-bond acceptors (Lipinski definition) is 4. The molecule has 5 rings (SSSR count). The summed E-state index contributed by atoms with van der Waals surface area (Å²) in [5.74, 6) is -1.43. The first kappa shape index (κ1) is 14.8. The van der Waals surface area contributed by atoms with Crippen molar-refractivity contribution in [3.8, 4) is 0 Å². The highest BCUT2D eigenvalue weighted by Crippen LogP contribution is 2.49. The highest BCUT2D eigenvalue weighted by Gasteiger charge is 2.62. The normalized spacial score (nSPS) is 30.4. The van der Waals surface area contributed by atoms with Crippen LogP contribution in [0.15, 0.2) is 36.7 Å². The van der Waals surface area contributed by atoms with Crippen LogP contribution in [0.25, 0.3) is 0 Å². The van der Waals surface area contributed by atoms with E-state index < -0.39 is 0 Å². The summed E-state index contributed by atoms with van der Waals surface area (Å²) in [6.45, 7) is 0.240. The molecule has 0 unspecified atom stereocenters. The standard InChI is InChI=1S/C18H16FN3O3/c19-12-4-2-1-3-10(12)8-21-9-11(7-20-21)22-17(23)15-13-5-6-14(25-13)16(15)18(22)24/h1-4,7,9,13-16H,5-6,8H2/t13-,14+,15-,16-/m0/s1. The van der Waals surface area contributed by atoms with Gasteiger partial charge >= 0.3 is 0 Å². The SMILES string of the molecule is O=C1[C@@H]2[C@@H](C(=O)N1c1cnn(Cc3ccccc3F)c1)[C@H]1CC[C@@H]2O1. The average Bonchev–Trinajstić information content (AvgIpc) is 3.35. The molecule has 3 aliphatic rings. The number of amides is 2. The van der Waals surface area contributed by atoms with Crippen LogP contribution in [0.3, 0.4) is 0 Å². The number of ether oxygens (including phenoxy) is 1. The molecule has 25 heavy (non-hydrogen) atoms. The topological polar surface area (TPSA) is 64.4 Å². The third-order valence-corrected chi connectivity index (χ3v) is 5.45. The molecule has 2 aromatic rings. The number of anilines is 1. The summed E-state index contributed by atoms with van der Waals surface area (Å²) in [5, 5.41) is 4.19. The Balaban J connectivity index is 1.41. The lowest BCUT2D eigenvalue weighted by Crippen LogP contribution is -2.34. The summed E-state index contributed by atoms with van der Waals surface area (Å²) >= 11 is 0. The first-order chi connectivity index (χ1) is 12.1. The van der Waals surface area contributed by atoms with Crippen molar-refractivity contribution < 1.29 is 18.7 Å². The highest BCUT2D eigenvalue weighted by atomic mass is 19.1. The van der Waals surface area contributed by atoms with Crippen LogP contribution < -0.4 is 4.90 Å².